The van der Waals surface area contributed by atoms with Crippen molar-refractivity contribution in [1.82, 2.24) is 4.90 Å². The van der Waals surface area contributed by atoms with Crippen molar-refractivity contribution in [2.45, 2.75) is 6.92 Å². The standard InChI is InChI=1S/C8H20N2S/c1-8(6-9)7-10(2)4-5-11-3/h8H,4-7,9H2,1-3H3. The number of nitrogens with two attached hydrogens (primary N) is 1. The van der Waals surface area contributed by atoms with Gasteiger partial charge in [-0.2, -0.15) is 11.8 Å². The summed E-state index contributed by atoms with van der Waals surface area (Å²) >= 11 is 1.89. The molecule has 2 nitrogen and oxygen atoms in total. The van der Waals surface area contributed by atoms with Crippen LogP contribution in [-0.2, 0) is 0 Å². The highest BCUT2D eigenvalue weighted by Gasteiger charge is 2.02. The molecule has 0 rings (SSSR count). The van der Waals surface area contributed by atoms with Crippen LogP contribution in [0.25, 0.3) is 0 Å². The number of nitrogens with zero attached hydrogens (tertiary/aromatic N) is 1. The lowest BCUT2D eigenvalue weighted by Crippen LogP contribution is -2.29. The fourth-order valence-corrected chi connectivity index (χ4v) is 1.44. The van der Waals surface area contributed by atoms with E-state index in [1.54, 1.807) is 0 Å². The second kappa shape index (κ2) is 6.95. The minimum absolute atomic E-state index is 0.627. The molecule has 0 aromatic rings. The van der Waals surface area contributed by atoms with Crippen molar-refractivity contribution in [2.24, 2.45) is 11.7 Å². The third-order valence-corrected chi connectivity index (χ3v) is 2.29. The Hall–Kier alpha value is 0.270. The quantitative estimate of drug-likeness (QED) is 0.651. The van der Waals surface area contributed by atoms with Crippen LogP contribution in [0.4, 0.5) is 0 Å². The van der Waals surface area contributed by atoms with Gasteiger partial charge in [0.25, 0.3) is 0 Å². The Morgan fingerprint density at radius 2 is 2.18 bits per heavy atom. The molecule has 11 heavy (non-hydrogen) atoms. The van der Waals surface area contributed by atoms with E-state index in [1.165, 1.54) is 12.3 Å². The predicted octanol–water partition coefficient (Wildman–Crippen LogP) is 0.876. The Morgan fingerprint density at radius 3 is 2.64 bits per heavy atom. The van der Waals surface area contributed by atoms with E-state index in [9.17, 15) is 0 Å². The number of hydrogen-bond acceptors (Lipinski definition) is 3. The molecule has 1 unspecified atom stereocenters. The Bertz CT molecular complexity index is 88.2. The van der Waals surface area contributed by atoms with E-state index in [1.807, 2.05) is 11.8 Å². The van der Waals surface area contributed by atoms with Gasteiger partial charge in [-0.1, -0.05) is 6.92 Å². The van der Waals surface area contributed by atoms with Crippen molar-refractivity contribution in [2.75, 3.05) is 38.7 Å². The first-order valence-corrected chi connectivity index (χ1v) is 5.47. The first kappa shape index (κ1) is 11.3. The van der Waals surface area contributed by atoms with Crippen LogP contribution in [0, 0.1) is 5.92 Å². The Morgan fingerprint density at radius 1 is 1.55 bits per heavy atom. The molecule has 0 aliphatic carbocycles. The van der Waals surface area contributed by atoms with Crippen LogP contribution < -0.4 is 5.73 Å². The molecule has 0 aliphatic rings. The van der Waals surface area contributed by atoms with Gasteiger partial charge in [0.2, 0.25) is 0 Å². The van der Waals surface area contributed by atoms with Crippen LogP contribution in [0.1, 0.15) is 6.92 Å². The van der Waals surface area contributed by atoms with Crippen molar-refractivity contribution < 1.29 is 0 Å². The first-order valence-electron chi connectivity index (χ1n) is 4.08. The van der Waals surface area contributed by atoms with Crippen LogP contribution in [0.5, 0.6) is 0 Å². The topological polar surface area (TPSA) is 29.3 Å². The van der Waals surface area contributed by atoms with Crippen molar-refractivity contribution in [3.8, 4) is 0 Å². The molecule has 2 N–H and O–H groups in total. The van der Waals surface area contributed by atoms with Gasteiger partial charge < -0.3 is 10.6 Å². The van der Waals surface area contributed by atoms with Crippen molar-refractivity contribution in [1.29, 1.82) is 0 Å². The fourth-order valence-electron chi connectivity index (χ4n) is 0.945. The molecule has 0 saturated carbocycles. The zero-order valence-electron chi connectivity index (χ0n) is 7.84. The molecule has 0 aromatic carbocycles. The van der Waals surface area contributed by atoms with Gasteiger partial charge in [-0.05, 0) is 25.8 Å². The van der Waals surface area contributed by atoms with E-state index in [4.69, 9.17) is 5.73 Å². The smallest absolute Gasteiger partial charge is 0.00693 e. The van der Waals surface area contributed by atoms with E-state index in [2.05, 4.69) is 25.1 Å². The van der Waals surface area contributed by atoms with Gasteiger partial charge in [0.05, 0.1) is 0 Å². The van der Waals surface area contributed by atoms with Gasteiger partial charge in [-0.15, -0.1) is 0 Å². The number of hydrogen-bond donors (Lipinski definition) is 1. The summed E-state index contributed by atoms with van der Waals surface area (Å²) in [5, 5.41) is 0. The Balaban J connectivity index is 3.27. The minimum Gasteiger partial charge on any atom is -0.330 e. The summed E-state index contributed by atoms with van der Waals surface area (Å²) in [7, 11) is 2.16. The zero-order chi connectivity index (χ0) is 8.69. The molecule has 3 heteroatoms. The van der Waals surface area contributed by atoms with Gasteiger partial charge in [-0.3, -0.25) is 0 Å². The molecular formula is C8H20N2S. The summed E-state index contributed by atoms with van der Waals surface area (Å²) in [5.41, 5.74) is 5.52. The van der Waals surface area contributed by atoms with E-state index in [0.29, 0.717) is 5.92 Å². The van der Waals surface area contributed by atoms with E-state index in [-0.39, 0.29) is 0 Å². The third-order valence-electron chi connectivity index (χ3n) is 1.70. The van der Waals surface area contributed by atoms with Gasteiger partial charge >= 0.3 is 0 Å². The average Bonchev–Trinajstić information content (AvgIpc) is 2.00. The molecule has 0 saturated heterocycles. The second-order valence-corrected chi connectivity index (χ2v) is 4.08. The van der Waals surface area contributed by atoms with Gasteiger partial charge in [0.15, 0.2) is 0 Å². The molecule has 0 radical (unpaired) electrons. The first-order chi connectivity index (χ1) is 5.20. The third kappa shape index (κ3) is 6.66. The van der Waals surface area contributed by atoms with Crippen LogP contribution in [-0.4, -0.2) is 43.6 Å². The van der Waals surface area contributed by atoms with Gasteiger partial charge in [0.1, 0.15) is 0 Å². The SMILES string of the molecule is CSCCN(C)CC(C)CN. The monoisotopic (exact) mass is 176 g/mol. The van der Waals surface area contributed by atoms with Crippen LogP contribution in [0.2, 0.25) is 0 Å². The van der Waals surface area contributed by atoms with E-state index in [0.717, 1.165) is 13.1 Å². The molecule has 0 bridgehead atoms. The summed E-state index contributed by atoms with van der Waals surface area (Å²) in [4.78, 5) is 2.34. The average molecular weight is 176 g/mol. The maximum Gasteiger partial charge on any atom is 0.00693 e. The largest absolute Gasteiger partial charge is 0.330 e. The van der Waals surface area contributed by atoms with Crippen LogP contribution in [0.3, 0.4) is 0 Å². The molecule has 0 heterocycles. The summed E-state index contributed by atoms with van der Waals surface area (Å²) in [5.74, 6) is 1.84. The zero-order valence-corrected chi connectivity index (χ0v) is 8.66. The van der Waals surface area contributed by atoms with Crippen LogP contribution >= 0.6 is 11.8 Å². The molecule has 0 aliphatic heterocycles. The summed E-state index contributed by atoms with van der Waals surface area (Å²) in [6.07, 6.45) is 2.14. The number of rotatable bonds is 6. The highest BCUT2D eigenvalue weighted by Crippen LogP contribution is 1.97. The van der Waals surface area contributed by atoms with Crippen molar-refractivity contribution in [3.05, 3.63) is 0 Å². The van der Waals surface area contributed by atoms with Crippen molar-refractivity contribution in [3.63, 3.8) is 0 Å². The maximum atomic E-state index is 5.52. The van der Waals surface area contributed by atoms with Gasteiger partial charge in [0, 0.05) is 18.8 Å². The molecule has 68 valence electrons. The molecule has 0 fully saturated rings. The predicted molar refractivity (Wildman–Crippen MR) is 54.1 cm³/mol. The molecule has 0 aromatic heterocycles. The molecule has 0 amide bonds. The van der Waals surface area contributed by atoms with Gasteiger partial charge in [-0.25, -0.2) is 0 Å². The lowest BCUT2D eigenvalue weighted by Gasteiger charge is -2.19. The molecular weight excluding hydrogens is 156 g/mol. The lowest BCUT2D eigenvalue weighted by molar-refractivity contribution is 0.305. The summed E-state index contributed by atoms with van der Waals surface area (Å²) in [6.45, 7) is 5.28. The Labute approximate surface area is 74.5 Å². The second-order valence-electron chi connectivity index (χ2n) is 3.10. The highest BCUT2D eigenvalue weighted by atomic mass is 32.2. The van der Waals surface area contributed by atoms with E-state index >= 15 is 0 Å². The molecule has 1 atom stereocenters. The lowest BCUT2D eigenvalue weighted by atomic mass is 10.2. The van der Waals surface area contributed by atoms with Crippen LogP contribution in [0.15, 0.2) is 0 Å². The molecule has 0 spiro atoms. The number of thioether (sulfide) groups is 1. The Kier molecular flexibility index (Phi) is 7.12. The highest BCUT2D eigenvalue weighted by molar-refractivity contribution is 7.98. The van der Waals surface area contributed by atoms with E-state index < -0.39 is 0 Å². The minimum atomic E-state index is 0.627. The summed E-state index contributed by atoms with van der Waals surface area (Å²) in [6, 6.07) is 0. The fraction of sp³-hybridized carbons (Fsp3) is 1.00. The normalized spacial score (nSPS) is 13.9. The van der Waals surface area contributed by atoms with Crippen molar-refractivity contribution >= 4 is 11.8 Å². The summed E-state index contributed by atoms with van der Waals surface area (Å²) < 4.78 is 0. The maximum absolute atomic E-state index is 5.52.